The zero-order valence-corrected chi connectivity index (χ0v) is 11.5. The second-order valence-corrected chi connectivity index (χ2v) is 4.16. The van der Waals surface area contributed by atoms with Crippen LogP contribution in [0, 0.1) is 0 Å². The Bertz CT molecular complexity index is 508. The van der Waals surface area contributed by atoms with Gasteiger partial charge in [0.1, 0.15) is 12.0 Å². The average molecular weight is 261 g/mol. The molecule has 5 heteroatoms. The first kappa shape index (κ1) is 13.4. The zero-order chi connectivity index (χ0) is 13.7. The minimum absolute atomic E-state index is 0.582. The molecule has 19 heavy (non-hydrogen) atoms. The number of oxazole rings is 1. The second kappa shape index (κ2) is 6.24. The number of hydrogen-bond acceptors (Lipinski definition) is 5. The van der Waals surface area contributed by atoms with Crippen molar-refractivity contribution < 1.29 is 9.15 Å². The number of hydrogen-bond donors (Lipinski definition) is 1. The molecular weight excluding hydrogens is 242 g/mol. The summed E-state index contributed by atoms with van der Waals surface area (Å²) in [5.74, 6) is 0.831. The Morgan fingerprint density at radius 1 is 1.32 bits per heavy atom. The first-order valence-corrected chi connectivity index (χ1v) is 6.27. The molecule has 2 aromatic rings. The Morgan fingerprint density at radius 2 is 2.05 bits per heavy atom. The van der Waals surface area contributed by atoms with E-state index in [9.17, 15) is 0 Å². The third-order valence-corrected chi connectivity index (χ3v) is 2.84. The molecule has 0 bridgehead atoms. The molecule has 0 spiro atoms. The van der Waals surface area contributed by atoms with Gasteiger partial charge in [0.2, 0.25) is 0 Å². The third kappa shape index (κ3) is 3.26. The Morgan fingerprint density at radius 3 is 2.68 bits per heavy atom. The number of nitrogens with zero attached hydrogens (tertiary/aromatic N) is 2. The highest BCUT2D eigenvalue weighted by Gasteiger charge is 2.10. The molecule has 0 aliphatic carbocycles. The third-order valence-electron chi connectivity index (χ3n) is 2.84. The molecule has 1 aromatic carbocycles. The molecule has 1 aromatic heterocycles. The van der Waals surface area contributed by atoms with E-state index in [1.165, 1.54) is 0 Å². The van der Waals surface area contributed by atoms with Gasteiger partial charge in [-0.3, -0.25) is 4.90 Å². The molecule has 0 saturated carbocycles. The number of aromatic nitrogens is 1. The van der Waals surface area contributed by atoms with E-state index in [1.807, 2.05) is 36.2 Å². The molecule has 1 heterocycles. The maximum atomic E-state index is 5.48. The van der Waals surface area contributed by atoms with Crippen LogP contribution in [0.2, 0.25) is 0 Å². The summed E-state index contributed by atoms with van der Waals surface area (Å²) < 4.78 is 10.6. The predicted octanol–water partition coefficient (Wildman–Crippen LogP) is 2.56. The Labute approximate surface area is 113 Å². The monoisotopic (exact) mass is 261 g/mol. The van der Waals surface area contributed by atoms with E-state index in [1.54, 1.807) is 13.4 Å². The molecule has 0 fully saturated rings. The van der Waals surface area contributed by atoms with Gasteiger partial charge in [-0.25, -0.2) is 0 Å². The molecule has 2 rings (SSSR count). The number of nitrogens with one attached hydrogen (secondary N) is 1. The van der Waals surface area contributed by atoms with Crippen LogP contribution in [0.3, 0.4) is 0 Å². The summed E-state index contributed by atoms with van der Waals surface area (Å²) in [7, 11) is 3.57. The van der Waals surface area contributed by atoms with Gasteiger partial charge in [0.05, 0.1) is 12.8 Å². The van der Waals surface area contributed by atoms with Gasteiger partial charge in [0.25, 0.3) is 0 Å². The fraction of sp³-hybridized carbons (Fsp3) is 0.357. The van der Waals surface area contributed by atoms with Gasteiger partial charge in [0, 0.05) is 19.3 Å². The lowest BCUT2D eigenvalue weighted by atomic mass is 10.3. The summed E-state index contributed by atoms with van der Waals surface area (Å²) in [4.78, 5) is 6.33. The number of benzene rings is 1. The van der Waals surface area contributed by atoms with Crippen molar-refractivity contribution in [3.05, 3.63) is 36.2 Å². The molecule has 5 nitrogen and oxygen atoms in total. The van der Waals surface area contributed by atoms with Crippen LogP contribution in [0.25, 0.3) is 0 Å². The predicted molar refractivity (Wildman–Crippen MR) is 74.9 cm³/mol. The van der Waals surface area contributed by atoms with Crippen LogP contribution in [0.4, 0.5) is 11.7 Å². The first-order valence-electron chi connectivity index (χ1n) is 6.27. The van der Waals surface area contributed by atoms with Crippen molar-refractivity contribution in [3.8, 4) is 5.75 Å². The highest BCUT2D eigenvalue weighted by Crippen LogP contribution is 2.24. The van der Waals surface area contributed by atoms with Crippen molar-refractivity contribution in [2.75, 3.05) is 25.6 Å². The standard InChI is InChI=1S/C14H19N3O2/c1-4-15-9-11-10-19-14(16-11)17(2)12-5-7-13(18-3)8-6-12/h5-8,10,15H,4,9H2,1-3H3. The quantitative estimate of drug-likeness (QED) is 0.866. The Balaban J connectivity index is 2.09. The molecule has 0 amide bonds. The van der Waals surface area contributed by atoms with Crippen molar-refractivity contribution in [2.45, 2.75) is 13.5 Å². The van der Waals surface area contributed by atoms with Crippen molar-refractivity contribution >= 4 is 11.7 Å². The minimum atomic E-state index is 0.582. The van der Waals surface area contributed by atoms with Gasteiger partial charge in [-0.15, -0.1) is 0 Å². The van der Waals surface area contributed by atoms with Gasteiger partial charge in [-0.2, -0.15) is 4.98 Å². The maximum Gasteiger partial charge on any atom is 0.301 e. The number of methoxy groups -OCH3 is 1. The lowest BCUT2D eigenvalue weighted by Crippen LogP contribution is -2.13. The van der Waals surface area contributed by atoms with Crippen LogP contribution < -0.4 is 15.0 Å². The van der Waals surface area contributed by atoms with Gasteiger partial charge in [-0.05, 0) is 30.8 Å². The van der Waals surface area contributed by atoms with Crippen molar-refractivity contribution in [3.63, 3.8) is 0 Å². The minimum Gasteiger partial charge on any atom is -0.497 e. The van der Waals surface area contributed by atoms with Crippen LogP contribution in [0.1, 0.15) is 12.6 Å². The first-order chi connectivity index (χ1) is 9.24. The lowest BCUT2D eigenvalue weighted by Gasteiger charge is -2.14. The van der Waals surface area contributed by atoms with Crippen LogP contribution in [-0.4, -0.2) is 25.7 Å². The molecule has 1 N–H and O–H groups in total. The number of rotatable bonds is 6. The van der Waals surface area contributed by atoms with Gasteiger partial charge >= 0.3 is 6.01 Å². The fourth-order valence-electron chi connectivity index (χ4n) is 1.70. The van der Waals surface area contributed by atoms with E-state index in [4.69, 9.17) is 9.15 Å². The molecule has 102 valence electrons. The van der Waals surface area contributed by atoms with E-state index >= 15 is 0 Å². The van der Waals surface area contributed by atoms with E-state index in [0.29, 0.717) is 6.01 Å². The second-order valence-electron chi connectivity index (χ2n) is 4.16. The highest BCUT2D eigenvalue weighted by atomic mass is 16.5. The van der Waals surface area contributed by atoms with Crippen LogP contribution in [-0.2, 0) is 6.54 Å². The fourth-order valence-corrected chi connectivity index (χ4v) is 1.70. The summed E-state index contributed by atoms with van der Waals surface area (Å²) in [5.41, 5.74) is 1.90. The molecule has 0 aliphatic rings. The van der Waals surface area contributed by atoms with Crippen LogP contribution in [0.5, 0.6) is 5.75 Å². The van der Waals surface area contributed by atoms with Crippen LogP contribution >= 0.6 is 0 Å². The molecule has 0 aliphatic heterocycles. The summed E-state index contributed by atoms with van der Waals surface area (Å²) in [5, 5.41) is 3.21. The van der Waals surface area contributed by atoms with Gasteiger partial charge in [-0.1, -0.05) is 6.92 Å². The lowest BCUT2D eigenvalue weighted by molar-refractivity contribution is 0.415. The molecule has 0 radical (unpaired) electrons. The average Bonchev–Trinajstić information content (AvgIpc) is 2.93. The Hall–Kier alpha value is -2.01. The van der Waals surface area contributed by atoms with E-state index in [-0.39, 0.29) is 0 Å². The van der Waals surface area contributed by atoms with E-state index in [2.05, 4.69) is 17.2 Å². The zero-order valence-electron chi connectivity index (χ0n) is 11.5. The van der Waals surface area contributed by atoms with Crippen molar-refractivity contribution in [1.82, 2.24) is 10.3 Å². The summed E-state index contributed by atoms with van der Waals surface area (Å²) in [6.45, 7) is 3.69. The summed E-state index contributed by atoms with van der Waals surface area (Å²) >= 11 is 0. The van der Waals surface area contributed by atoms with Crippen molar-refractivity contribution in [2.24, 2.45) is 0 Å². The smallest absolute Gasteiger partial charge is 0.301 e. The van der Waals surface area contributed by atoms with Gasteiger partial charge < -0.3 is 14.5 Å². The van der Waals surface area contributed by atoms with E-state index < -0.39 is 0 Å². The highest BCUT2D eigenvalue weighted by molar-refractivity contribution is 5.56. The topological polar surface area (TPSA) is 50.5 Å². The summed E-state index contributed by atoms with van der Waals surface area (Å²) in [6.07, 6.45) is 1.68. The molecule has 0 unspecified atom stereocenters. The Kier molecular flexibility index (Phi) is 4.41. The van der Waals surface area contributed by atoms with Crippen LogP contribution in [0.15, 0.2) is 34.9 Å². The normalized spacial score (nSPS) is 10.5. The van der Waals surface area contributed by atoms with Crippen molar-refractivity contribution in [1.29, 1.82) is 0 Å². The SMILES string of the molecule is CCNCc1coc(N(C)c2ccc(OC)cc2)n1. The molecular formula is C14H19N3O2. The summed E-state index contributed by atoms with van der Waals surface area (Å²) in [6, 6.07) is 8.33. The number of anilines is 2. The molecule has 0 saturated heterocycles. The maximum absolute atomic E-state index is 5.48. The van der Waals surface area contributed by atoms with E-state index in [0.717, 1.165) is 30.2 Å². The number of ether oxygens (including phenoxy) is 1. The molecule has 0 atom stereocenters. The largest absolute Gasteiger partial charge is 0.497 e. The van der Waals surface area contributed by atoms with Gasteiger partial charge in [0.15, 0.2) is 0 Å².